The molecule has 0 spiro atoms. The lowest BCUT2D eigenvalue weighted by Crippen LogP contribution is -2.46. The average Bonchev–Trinajstić information content (AvgIpc) is 1.84. The Morgan fingerprint density at radius 3 is 1.90 bits per heavy atom. The molecule has 10 heavy (non-hydrogen) atoms. The third-order valence-electron chi connectivity index (χ3n) is 1.02. The molecule has 5 nitrogen and oxygen atoms in total. The largest absolute Gasteiger partial charge is 0.480 e. The van der Waals surface area contributed by atoms with Crippen molar-refractivity contribution in [1.82, 2.24) is 0 Å². The standard InChI is InChI=1S/C5H10N2O3/c1-2(6)4(8)3(7)5(9)10/h2-3H,6-7H2,1H3,(H,9,10). The van der Waals surface area contributed by atoms with Crippen LogP contribution in [0.2, 0.25) is 0 Å². The summed E-state index contributed by atoms with van der Waals surface area (Å²) in [5.74, 6) is -2.00. The number of carbonyl (C=O) groups excluding carboxylic acids is 1. The number of hydrogen-bond donors (Lipinski definition) is 3. The van der Waals surface area contributed by atoms with Crippen LogP contribution in [0.5, 0.6) is 0 Å². The molecule has 0 radical (unpaired) electrons. The van der Waals surface area contributed by atoms with Gasteiger partial charge in [-0.3, -0.25) is 9.59 Å². The van der Waals surface area contributed by atoms with Crippen molar-refractivity contribution in [2.45, 2.75) is 19.0 Å². The van der Waals surface area contributed by atoms with Crippen LogP contribution in [0, 0.1) is 0 Å². The van der Waals surface area contributed by atoms with E-state index in [9.17, 15) is 9.59 Å². The maximum Gasteiger partial charge on any atom is 0.328 e. The predicted octanol–water partition coefficient (Wildman–Crippen LogP) is -1.69. The molecule has 0 aromatic carbocycles. The summed E-state index contributed by atoms with van der Waals surface area (Å²) in [5, 5.41) is 8.20. The van der Waals surface area contributed by atoms with Gasteiger partial charge in [0, 0.05) is 0 Å². The molecule has 2 atom stereocenters. The lowest BCUT2D eigenvalue weighted by Gasteiger charge is -2.06. The van der Waals surface area contributed by atoms with Gasteiger partial charge in [-0.1, -0.05) is 0 Å². The molecule has 0 rings (SSSR count). The molecular formula is C5H10N2O3. The van der Waals surface area contributed by atoms with Crippen LogP contribution in [0.25, 0.3) is 0 Å². The first kappa shape index (κ1) is 9.06. The van der Waals surface area contributed by atoms with E-state index in [2.05, 4.69) is 0 Å². The first-order valence-electron chi connectivity index (χ1n) is 2.74. The number of carbonyl (C=O) groups is 2. The maximum atomic E-state index is 10.7. The van der Waals surface area contributed by atoms with Crippen LogP contribution in [0.1, 0.15) is 6.92 Å². The van der Waals surface area contributed by atoms with Crippen molar-refractivity contribution in [1.29, 1.82) is 0 Å². The zero-order valence-corrected chi connectivity index (χ0v) is 5.57. The van der Waals surface area contributed by atoms with Gasteiger partial charge in [-0.15, -0.1) is 0 Å². The van der Waals surface area contributed by atoms with Crippen molar-refractivity contribution < 1.29 is 14.7 Å². The van der Waals surface area contributed by atoms with Crippen molar-refractivity contribution >= 4 is 11.8 Å². The number of ketones is 1. The number of Topliss-reactive ketones (excluding diaryl/α,β-unsaturated/α-hetero) is 1. The van der Waals surface area contributed by atoms with Gasteiger partial charge in [0.25, 0.3) is 0 Å². The van der Waals surface area contributed by atoms with Gasteiger partial charge in [-0.25, -0.2) is 0 Å². The molecule has 0 aromatic rings. The SMILES string of the molecule is CC(N)C(=O)C(N)C(=O)O. The Hall–Kier alpha value is -0.940. The molecule has 5 heteroatoms. The van der Waals surface area contributed by atoms with Gasteiger partial charge in [0.05, 0.1) is 6.04 Å². The van der Waals surface area contributed by atoms with Crippen LogP contribution in [0.15, 0.2) is 0 Å². The highest BCUT2D eigenvalue weighted by molar-refractivity contribution is 6.04. The first-order valence-corrected chi connectivity index (χ1v) is 2.74. The summed E-state index contributed by atoms with van der Waals surface area (Å²) < 4.78 is 0. The summed E-state index contributed by atoms with van der Waals surface area (Å²) in [6.07, 6.45) is 0. The molecule has 0 saturated carbocycles. The van der Waals surface area contributed by atoms with E-state index in [1.807, 2.05) is 0 Å². The van der Waals surface area contributed by atoms with Gasteiger partial charge < -0.3 is 16.6 Å². The summed E-state index contributed by atoms with van der Waals surface area (Å²) in [4.78, 5) is 20.7. The van der Waals surface area contributed by atoms with Crippen molar-refractivity contribution in [2.75, 3.05) is 0 Å². The van der Waals surface area contributed by atoms with Gasteiger partial charge >= 0.3 is 5.97 Å². The summed E-state index contributed by atoms with van der Waals surface area (Å²) in [7, 11) is 0. The minimum Gasteiger partial charge on any atom is -0.480 e. The zero-order chi connectivity index (χ0) is 8.31. The highest BCUT2D eigenvalue weighted by atomic mass is 16.4. The van der Waals surface area contributed by atoms with E-state index in [-0.39, 0.29) is 0 Å². The Morgan fingerprint density at radius 1 is 1.40 bits per heavy atom. The van der Waals surface area contributed by atoms with E-state index in [1.165, 1.54) is 6.92 Å². The fraction of sp³-hybridized carbons (Fsp3) is 0.600. The van der Waals surface area contributed by atoms with Gasteiger partial charge in [0.1, 0.15) is 0 Å². The summed E-state index contributed by atoms with van der Waals surface area (Å²) in [6.45, 7) is 1.39. The van der Waals surface area contributed by atoms with Crippen LogP contribution in [-0.2, 0) is 9.59 Å². The molecule has 2 unspecified atom stereocenters. The summed E-state index contributed by atoms with van der Waals surface area (Å²) in [6, 6.07) is -2.30. The van der Waals surface area contributed by atoms with Gasteiger partial charge in [-0.2, -0.15) is 0 Å². The van der Waals surface area contributed by atoms with Crippen LogP contribution in [-0.4, -0.2) is 28.9 Å². The van der Waals surface area contributed by atoms with Crippen molar-refractivity contribution in [3.05, 3.63) is 0 Å². The molecule has 0 aromatic heterocycles. The predicted molar refractivity (Wildman–Crippen MR) is 34.3 cm³/mol. The third kappa shape index (κ3) is 2.12. The Labute approximate surface area is 58.0 Å². The highest BCUT2D eigenvalue weighted by Gasteiger charge is 2.23. The van der Waals surface area contributed by atoms with Crippen molar-refractivity contribution in [2.24, 2.45) is 11.5 Å². The molecule has 0 aliphatic rings. The zero-order valence-electron chi connectivity index (χ0n) is 5.57. The number of carboxylic acid groups (broad SMARTS) is 1. The highest BCUT2D eigenvalue weighted by Crippen LogP contribution is 1.86. The van der Waals surface area contributed by atoms with Crippen LogP contribution >= 0.6 is 0 Å². The number of aliphatic carboxylic acids is 1. The second kappa shape index (κ2) is 3.28. The molecular weight excluding hydrogens is 136 g/mol. The van der Waals surface area contributed by atoms with Crippen LogP contribution in [0.4, 0.5) is 0 Å². The number of carboxylic acids is 1. The minimum absolute atomic E-state index is 0.660. The maximum absolute atomic E-state index is 10.7. The topological polar surface area (TPSA) is 106 Å². The second-order valence-electron chi connectivity index (χ2n) is 2.01. The molecule has 0 fully saturated rings. The quantitative estimate of drug-likeness (QED) is 0.412. The third-order valence-corrected chi connectivity index (χ3v) is 1.02. The minimum atomic E-state index is -1.49. The second-order valence-corrected chi connectivity index (χ2v) is 2.01. The Kier molecular flexibility index (Phi) is 2.98. The monoisotopic (exact) mass is 146 g/mol. The van der Waals surface area contributed by atoms with E-state index >= 15 is 0 Å². The van der Waals surface area contributed by atoms with Gasteiger partial charge in [0.15, 0.2) is 11.8 Å². The molecule has 0 bridgehead atoms. The summed E-state index contributed by atoms with van der Waals surface area (Å²) in [5.41, 5.74) is 10.0. The lowest BCUT2D eigenvalue weighted by atomic mass is 10.1. The van der Waals surface area contributed by atoms with Crippen LogP contribution in [0.3, 0.4) is 0 Å². The van der Waals surface area contributed by atoms with E-state index in [1.54, 1.807) is 0 Å². The van der Waals surface area contributed by atoms with E-state index in [0.29, 0.717) is 0 Å². The molecule has 0 aliphatic carbocycles. The fourth-order valence-electron chi connectivity index (χ4n) is 0.405. The lowest BCUT2D eigenvalue weighted by molar-refractivity contribution is -0.142. The Bertz CT molecular complexity index is 155. The molecule has 0 saturated heterocycles. The average molecular weight is 146 g/mol. The first-order chi connectivity index (χ1) is 4.46. The van der Waals surface area contributed by atoms with E-state index in [0.717, 1.165) is 0 Å². The van der Waals surface area contributed by atoms with Crippen LogP contribution < -0.4 is 11.5 Å². The van der Waals surface area contributed by atoms with E-state index < -0.39 is 23.8 Å². The fourth-order valence-corrected chi connectivity index (χ4v) is 0.405. The van der Waals surface area contributed by atoms with Gasteiger partial charge in [0.2, 0.25) is 0 Å². The smallest absolute Gasteiger partial charge is 0.328 e. The molecule has 0 aliphatic heterocycles. The van der Waals surface area contributed by atoms with Gasteiger partial charge in [-0.05, 0) is 6.92 Å². The molecule has 58 valence electrons. The Morgan fingerprint density at radius 2 is 1.80 bits per heavy atom. The van der Waals surface area contributed by atoms with Crippen molar-refractivity contribution in [3.8, 4) is 0 Å². The summed E-state index contributed by atoms with van der Waals surface area (Å²) >= 11 is 0. The number of rotatable bonds is 3. The molecule has 0 heterocycles. The Balaban J connectivity index is 4.08. The number of nitrogens with two attached hydrogens (primary N) is 2. The van der Waals surface area contributed by atoms with E-state index in [4.69, 9.17) is 16.6 Å². The normalized spacial score (nSPS) is 15.9. The molecule has 0 amide bonds. The number of hydrogen-bond acceptors (Lipinski definition) is 4. The van der Waals surface area contributed by atoms with Crippen molar-refractivity contribution in [3.63, 3.8) is 0 Å². The molecule has 5 N–H and O–H groups in total.